The standard InChI is InChI=1S/C17H20FN3O3/c1-23-9-8-19-11-17(22)21-13-5-6-16(15(18)10-13)24-12-14-4-2-3-7-20-14/h2-7,10,19H,8-9,11-12H2,1H3,(H,21,22). The van der Waals surface area contributed by atoms with Gasteiger partial charge in [0.05, 0.1) is 18.8 Å². The van der Waals surface area contributed by atoms with Crippen molar-refractivity contribution >= 4 is 11.6 Å². The number of anilines is 1. The maximum atomic E-state index is 14.0. The first-order valence-electron chi connectivity index (χ1n) is 7.51. The molecule has 24 heavy (non-hydrogen) atoms. The van der Waals surface area contributed by atoms with Gasteiger partial charge in [-0.2, -0.15) is 0 Å². The maximum absolute atomic E-state index is 14.0. The first-order valence-corrected chi connectivity index (χ1v) is 7.51. The fourth-order valence-electron chi connectivity index (χ4n) is 1.91. The zero-order chi connectivity index (χ0) is 17.2. The quantitative estimate of drug-likeness (QED) is 0.687. The smallest absolute Gasteiger partial charge is 0.238 e. The van der Waals surface area contributed by atoms with Crippen molar-refractivity contribution in [2.75, 3.05) is 32.1 Å². The Kier molecular flexibility index (Phi) is 7.13. The van der Waals surface area contributed by atoms with Gasteiger partial charge in [-0.3, -0.25) is 9.78 Å². The molecule has 0 radical (unpaired) electrons. The van der Waals surface area contributed by atoms with E-state index in [1.807, 2.05) is 6.07 Å². The van der Waals surface area contributed by atoms with E-state index < -0.39 is 5.82 Å². The van der Waals surface area contributed by atoms with E-state index in [0.29, 0.717) is 24.5 Å². The summed E-state index contributed by atoms with van der Waals surface area (Å²) in [5, 5.41) is 5.52. The fraction of sp³-hybridized carbons (Fsp3) is 0.294. The maximum Gasteiger partial charge on any atom is 0.238 e. The number of amides is 1. The summed E-state index contributed by atoms with van der Waals surface area (Å²) in [6.07, 6.45) is 1.65. The zero-order valence-corrected chi connectivity index (χ0v) is 13.4. The highest BCUT2D eigenvalue weighted by molar-refractivity contribution is 5.92. The molecule has 2 rings (SSSR count). The van der Waals surface area contributed by atoms with Crippen LogP contribution in [0.4, 0.5) is 10.1 Å². The van der Waals surface area contributed by atoms with Crippen molar-refractivity contribution in [1.82, 2.24) is 10.3 Å². The molecule has 0 atom stereocenters. The van der Waals surface area contributed by atoms with Crippen LogP contribution >= 0.6 is 0 Å². The van der Waals surface area contributed by atoms with Crippen molar-refractivity contribution in [2.24, 2.45) is 0 Å². The van der Waals surface area contributed by atoms with E-state index in [0.717, 1.165) is 0 Å². The molecule has 0 aliphatic rings. The number of methoxy groups -OCH3 is 1. The SMILES string of the molecule is COCCNCC(=O)Nc1ccc(OCc2ccccn2)c(F)c1. The Hall–Kier alpha value is -2.51. The van der Waals surface area contributed by atoms with Gasteiger partial charge in [-0.1, -0.05) is 6.07 Å². The topological polar surface area (TPSA) is 72.5 Å². The predicted octanol–water partition coefficient (Wildman–Crippen LogP) is 1.97. The van der Waals surface area contributed by atoms with Gasteiger partial charge in [-0.25, -0.2) is 4.39 Å². The molecule has 0 aliphatic carbocycles. The van der Waals surface area contributed by atoms with E-state index in [1.54, 1.807) is 31.5 Å². The number of nitrogens with one attached hydrogen (secondary N) is 2. The van der Waals surface area contributed by atoms with E-state index in [2.05, 4.69) is 15.6 Å². The highest BCUT2D eigenvalue weighted by Crippen LogP contribution is 2.21. The Morgan fingerprint density at radius 2 is 2.17 bits per heavy atom. The number of carbonyl (C=O) groups excluding carboxylic acids is 1. The van der Waals surface area contributed by atoms with E-state index in [1.165, 1.54) is 12.1 Å². The van der Waals surface area contributed by atoms with Crippen LogP contribution in [0.1, 0.15) is 5.69 Å². The monoisotopic (exact) mass is 333 g/mol. The molecule has 0 fully saturated rings. The van der Waals surface area contributed by atoms with Gasteiger partial charge in [0.1, 0.15) is 6.61 Å². The van der Waals surface area contributed by atoms with Gasteiger partial charge in [0.15, 0.2) is 11.6 Å². The lowest BCUT2D eigenvalue weighted by molar-refractivity contribution is -0.115. The summed E-state index contributed by atoms with van der Waals surface area (Å²) in [7, 11) is 1.59. The second kappa shape index (κ2) is 9.59. The van der Waals surface area contributed by atoms with Crippen molar-refractivity contribution in [1.29, 1.82) is 0 Å². The summed E-state index contributed by atoms with van der Waals surface area (Å²) in [5.41, 5.74) is 1.08. The average molecular weight is 333 g/mol. The fourth-order valence-corrected chi connectivity index (χ4v) is 1.91. The molecular formula is C17H20FN3O3. The first-order chi connectivity index (χ1) is 11.7. The third-order valence-corrected chi connectivity index (χ3v) is 3.09. The van der Waals surface area contributed by atoms with E-state index in [9.17, 15) is 9.18 Å². The number of hydrogen-bond donors (Lipinski definition) is 2. The second-order valence-corrected chi connectivity index (χ2v) is 4.97. The van der Waals surface area contributed by atoms with Crippen molar-refractivity contribution < 1.29 is 18.7 Å². The molecule has 128 valence electrons. The number of ether oxygens (including phenoxy) is 2. The molecule has 2 N–H and O–H groups in total. The molecule has 1 aromatic carbocycles. The van der Waals surface area contributed by atoms with Crippen LogP contribution in [0.3, 0.4) is 0 Å². The van der Waals surface area contributed by atoms with Gasteiger partial charge in [0.25, 0.3) is 0 Å². The van der Waals surface area contributed by atoms with Gasteiger partial charge >= 0.3 is 0 Å². The Bertz CT molecular complexity index is 653. The molecule has 0 saturated heterocycles. The number of aromatic nitrogens is 1. The van der Waals surface area contributed by atoms with Crippen LogP contribution in [0, 0.1) is 5.82 Å². The minimum Gasteiger partial charge on any atom is -0.484 e. The van der Waals surface area contributed by atoms with E-state index in [-0.39, 0.29) is 24.8 Å². The molecule has 0 aliphatic heterocycles. The largest absolute Gasteiger partial charge is 0.484 e. The molecule has 1 amide bonds. The van der Waals surface area contributed by atoms with Crippen LogP contribution < -0.4 is 15.4 Å². The van der Waals surface area contributed by atoms with Crippen LogP contribution in [0.15, 0.2) is 42.6 Å². The molecule has 2 aromatic rings. The molecule has 0 bridgehead atoms. The first kappa shape index (κ1) is 17.8. The van der Waals surface area contributed by atoms with E-state index in [4.69, 9.17) is 9.47 Å². The van der Waals surface area contributed by atoms with Gasteiger partial charge in [0.2, 0.25) is 5.91 Å². The minimum absolute atomic E-state index is 0.108. The molecule has 1 aromatic heterocycles. The number of halogens is 1. The summed E-state index contributed by atoms with van der Waals surface area (Å²) in [6, 6.07) is 9.72. The van der Waals surface area contributed by atoms with Gasteiger partial charge in [0, 0.05) is 31.6 Å². The molecular weight excluding hydrogens is 313 g/mol. The minimum atomic E-state index is -0.545. The van der Waals surface area contributed by atoms with Crippen molar-refractivity contribution in [2.45, 2.75) is 6.61 Å². The summed E-state index contributed by atoms with van der Waals surface area (Å²) < 4.78 is 24.3. The Labute approximate surface area is 140 Å². The third-order valence-electron chi connectivity index (χ3n) is 3.09. The number of carbonyl (C=O) groups is 1. The number of benzene rings is 1. The zero-order valence-electron chi connectivity index (χ0n) is 13.4. The molecule has 6 nitrogen and oxygen atoms in total. The van der Waals surface area contributed by atoms with E-state index >= 15 is 0 Å². The Morgan fingerprint density at radius 1 is 1.29 bits per heavy atom. The lowest BCUT2D eigenvalue weighted by Gasteiger charge is -2.10. The van der Waals surface area contributed by atoms with Crippen LogP contribution in [-0.4, -0.2) is 37.7 Å². The predicted molar refractivity (Wildman–Crippen MR) is 88.3 cm³/mol. The van der Waals surface area contributed by atoms with Crippen molar-refractivity contribution in [3.63, 3.8) is 0 Å². The number of pyridine rings is 1. The summed E-state index contributed by atoms with van der Waals surface area (Å²) in [6.45, 7) is 1.39. The molecule has 0 saturated carbocycles. The molecule has 0 unspecified atom stereocenters. The molecule has 7 heteroatoms. The van der Waals surface area contributed by atoms with Crippen LogP contribution in [-0.2, 0) is 16.1 Å². The summed E-state index contributed by atoms with van der Waals surface area (Å²) in [4.78, 5) is 15.8. The van der Waals surface area contributed by atoms with Crippen LogP contribution in [0.25, 0.3) is 0 Å². The highest BCUT2D eigenvalue weighted by atomic mass is 19.1. The number of hydrogen-bond acceptors (Lipinski definition) is 5. The van der Waals surface area contributed by atoms with Crippen LogP contribution in [0.5, 0.6) is 5.75 Å². The normalized spacial score (nSPS) is 10.4. The lowest BCUT2D eigenvalue weighted by atomic mass is 10.3. The average Bonchev–Trinajstić information content (AvgIpc) is 2.59. The van der Waals surface area contributed by atoms with Gasteiger partial charge in [-0.15, -0.1) is 0 Å². The number of nitrogens with zero attached hydrogens (tertiary/aromatic N) is 1. The number of rotatable bonds is 9. The Balaban J connectivity index is 1.84. The van der Waals surface area contributed by atoms with Crippen LogP contribution in [0.2, 0.25) is 0 Å². The van der Waals surface area contributed by atoms with Crippen molar-refractivity contribution in [3.8, 4) is 5.75 Å². The Morgan fingerprint density at radius 3 is 2.88 bits per heavy atom. The molecule has 1 heterocycles. The summed E-state index contributed by atoms with van der Waals surface area (Å²) >= 11 is 0. The van der Waals surface area contributed by atoms with Gasteiger partial charge < -0.3 is 20.1 Å². The second-order valence-electron chi connectivity index (χ2n) is 4.97. The lowest BCUT2D eigenvalue weighted by Crippen LogP contribution is -2.30. The third kappa shape index (κ3) is 5.94. The van der Waals surface area contributed by atoms with Crippen molar-refractivity contribution in [3.05, 3.63) is 54.1 Å². The molecule has 0 spiro atoms. The van der Waals surface area contributed by atoms with Gasteiger partial charge in [-0.05, 0) is 24.3 Å². The highest BCUT2D eigenvalue weighted by Gasteiger charge is 2.08. The summed E-state index contributed by atoms with van der Waals surface area (Å²) in [5.74, 6) is -0.694.